The zero-order valence-electron chi connectivity index (χ0n) is 10.8. The van der Waals surface area contributed by atoms with Crippen LogP contribution in [0.25, 0.3) is 11.0 Å². The summed E-state index contributed by atoms with van der Waals surface area (Å²) in [5, 5.41) is 3.93. The summed E-state index contributed by atoms with van der Waals surface area (Å²) in [6, 6.07) is 14.8. The summed E-state index contributed by atoms with van der Waals surface area (Å²) in [5.41, 5.74) is 2.29. The molecule has 3 aromatic rings. The van der Waals surface area contributed by atoms with Crippen molar-refractivity contribution in [1.29, 1.82) is 0 Å². The molecule has 1 N–H and O–H groups in total. The molecule has 100 valence electrons. The quantitative estimate of drug-likeness (QED) is 0.721. The van der Waals surface area contributed by atoms with Crippen LogP contribution < -0.4 is 5.32 Å². The second-order valence-corrected chi connectivity index (χ2v) is 5.36. The van der Waals surface area contributed by atoms with Crippen LogP contribution in [0.5, 0.6) is 0 Å². The summed E-state index contributed by atoms with van der Waals surface area (Å²) in [5.74, 6) is 0.246. The van der Waals surface area contributed by atoms with Crippen molar-refractivity contribution in [3.8, 4) is 0 Å². The molecule has 3 nitrogen and oxygen atoms in total. The Hall–Kier alpha value is -2.07. The molecule has 0 saturated carbocycles. The molecule has 3 rings (SSSR count). The van der Waals surface area contributed by atoms with Gasteiger partial charge >= 0.3 is 0 Å². The van der Waals surface area contributed by atoms with Gasteiger partial charge in [0.05, 0.1) is 0 Å². The minimum absolute atomic E-state index is 0.111. The van der Waals surface area contributed by atoms with Crippen LogP contribution in [0, 0.1) is 0 Å². The fourth-order valence-electron chi connectivity index (χ4n) is 2.06. The highest BCUT2D eigenvalue weighted by molar-refractivity contribution is 9.10. The summed E-state index contributed by atoms with van der Waals surface area (Å²) in [6.45, 7) is 0. The molecule has 0 bridgehead atoms. The number of halogens is 1. The van der Waals surface area contributed by atoms with E-state index in [1.165, 1.54) is 0 Å². The van der Waals surface area contributed by atoms with E-state index in [-0.39, 0.29) is 5.78 Å². The van der Waals surface area contributed by atoms with Crippen LogP contribution in [0.4, 0.5) is 5.69 Å². The van der Waals surface area contributed by atoms with Crippen molar-refractivity contribution < 1.29 is 9.21 Å². The highest BCUT2D eigenvalue weighted by atomic mass is 79.9. The number of furan rings is 1. The number of carbonyl (C=O) groups is 1. The van der Waals surface area contributed by atoms with Gasteiger partial charge in [0, 0.05) is 28.2 Å². The molecule has 0 aliphatic heterocycles. The van der Waals surface area contributed by atoms with Crippen LogP contribution in [-0.2, 0) is 0 Å². The van der Waals surface area contributed by atoms with E-state index >= 15 is 0 Å². The summed E-state index contributed by atoms with van der Waals surface area (Å²) in [6.07, 6.45) is 0. The number of ketones is 1. The largest absolute Gasteiger partial charge is 0.453 e. The highest BCUT2D eigenvalue weighted by Crippen LogP contribution is 2.25. The van der Waals surface area contributed by atoms with Gasteiger partial charge in [-0.15, -0.1) is 0 Å². The second kappa shape index (κ2) is 5.13. The molecule has 0 fully saturated rings. The van der Waals surface area contributed by atoms with Gasteiger partial charge in [0.1, 0.15) is 5.58 Å². The van der Waals surface area contributed by atoms with E-state index in [1.54, 1.807) is 18.2 Å². The SMILES string of the molecule is CNc1ccc(C(=O)c2cc3cc(Br)ccc3o2)cc1. The first-order valence-electron chi connectivity index (χ1n) is 6.19. The van der Waals surface area contributed by atoms with E-state index in [0.29, 0.717) is 16.9 Å². The molecule has 2 aromatic carbocycles. The van der Waals surface area contributed by atoms with Gasteiger partial charge in [-0.25, -0.2) is 0 Å². The fourth-order valence-corrected chi connectivity index (χ4v) is 2.44. The van der Waals surface area contributed by atoms with Gasteiger partial charge in [-0.05, 0) is 48.5 Å². The summed E-state index contributed by atoms with van der Waals surface area (Å²) in [7, 11) is 1.84. The fraction of sp³-hybridized carbons (Fsp3) is 0.0625. The highest BCUT2D eigenvalue weighted by Gasteiger charge is 2.14. The standard InChI is InChI=1S/C16H12BrNO2/c1-18-13-5-2-10(3-6-13)16(19)15-9-11-8-12(17)4-7-14(11)20-15/h2-9,18H,1H3. The van der Waals surface area contributed by atoms with Crippen LogP contribution in [-0.4, -0.2) is 12.8 Å². The molecule has 20 heavy (non-hydrogen) atoms. The van der Waals surface area contributed by atoms with E-state index in [9.17, 15) is 4.79 Å². The number of fused-ring (bicyclic) bond motifs is 1. The van der Waals surface area contributed by atoms with Crippen molar-refractivity contribution in [2.45, 2.75) is 0 Å². The lowest BCUT2D eigenvalue weighted by molar-refractivity contribution is 0.101. The van der Waals surface area contributed by atoms with Crippen molar-refractivity contribution >= 4 is 38.4 Å². The summed E-state index contributed by atoms with van der Waals surface area (Å²) in [4.78, 5) is 12.4. The number of hydrogen-bond donors (Lipinski definition) is 1. The van der Waals surface area contributed by atoms with Gasteiger partial charge in [-0.3, -0.25) is 4.79 Å². The minimum atomic E-state index is -0.111. The van der Waals surface area contributed by atoms with E-state index in [0.717, 1.165) is 15.5 Å². The summed E-state index contributed by atoms with van der Waals surface area (Å²) >= 11 is 3.41. The van der Waals surface area contributed by atoms with Crippen LogP contribution in [0.2, 0.25) is 0 Å². The first kappa shape index (κ1) is 12.9. The van der Waals surface area contributed by atoms with Gasteiger partial charge in [0.25, 0.3) is 0 Å². The molecule has 0 aliphatic carbocycles. The van der Waals surface area contributed by atoms with Gasteiger partial charge in [-0.1, -0.05) is 15.9 Å². The molecule has 1 aromatic heterocycles. The average molecular weight is 330 g/mol. The Morgan fingerprint density at radius 2 is 1.85 bits per heavy atom. The Bertz CT molecular complexity index is 775. The molecular formula is C16H12BrNO2. The van der Waals surface area contributed by atoms with E-state index in [1.807, 2.05) is 37.4 Å². The molecule has 0 atom stereocenters. The predicted molar refractivity (Wildman–Crippen MR) is 83.3 cm³/mol. The van der Waals surface area contributed by atoms with Crippen molar-refractivity contribution in [2.24, 2.45) is 0 Å². The average Bonchev–Trinajstić information content (AvgIpc) is 2.89. The number of nitrogens with one attached hydrogen (secondary N) is 1. The molecule has 0 amide bonds. The van der Waals surface area contributed by atoms with Crippen molar-refractivity contribution in [1.82, 2.24) is 0 Å². The van der Waals surface area contributed by atoms with Crippen LogP contribution >= 0.6 is 15.9 Å². The number of rotatable bonds is 3. The first-order chi connectivity index (χ1) is 9.67. The molecule has 0 unspecified atom stereocenters. The van der Waals surface area contributed by atoms with Gasteiger partial charge in [0.2, 0.25) is 5.78 Å². The Morgan fingerprint density at radius 1 is 1.10 bits per heavy atom. The third-order valence-electron chi connectivity index (χ3n) is 3.14. The number of hydrogen-bond acceptors (Lipinski definition) is 3. The maximum atomic E-state index is 12.4. The molecule has 4 heteroatoms. The minimum Gasteiger partial charge on any atom is -0.453 e. The topological polar surface area (TPSA) is 42.2 Å². The van der Waals surface area contributed by atoms with E-state index < -0.39 is 0 Å². The Kier molecular flexibility index (Phi) is 3.32. The van der Waals surface area contributed by atoms with Crippen LogP contribution in [0.1, 0.15) is 16.1 Å². The zero-order valence-corrected chi connectivity index (χ0v) is 12.4. The normalized spacial score (nSPS) is 10.7. The first-order valence-corrected chi connectivity index (χ1v) is 6.98. The molecule has 0 spiro atoms. The number of benzene rings is 2. The molecule has 0 aliphatic rings. The van der Waals surface area contributed by atoms with Gasteiger partial charge in [-0.2, -0.15) is 0 Å². The lowest BCUT2D eigenvalue weighted by atomic mass is 10.1. The van der Waals surface area contributed by atoms with Crippen molar-refractivity contribution in [2.75, 3.05) is 12.4 Å². The third kappa shape index (κ3) is 2.34. The maximum Gasteiger partial charge on any atom is 0.228 e. The Morgan fingerprint density at radius 3 is 2.55 bits per heavy atom. The second-order valence-electron chi connectivity index (χ2n) is 4.45. The van der Waals surface area contributed by atoms with E-state index in [4.69, 9.17) is 4.42 Å². The maximum absolute atomic E-state index is 12.4. The zero-order chi connectivity index (χ0) is 14.1. The molecule has 1 heterocycles. The molecular weight excluding hydrogens is 318 g/mol. The molecule has 0 saturated heterocycles. The third-order valence-corrected chi connectivity index (χ3v) is 3.63. The van der Waals surface area contributed by atoms with Crippen LogP contribution in [0.3, 0.4) is 0 Å². The summed E-state index contributed by atoms with van der Waals surface area (Å²) < 4.78 is 6.57. The lowest BCUT2D eigenvalue weighted by Gasteiger charge is -2.01. The van der Waals surface area contributed by atoms with E-state index in [2.05, 4.69) is 21.2 Å². The smallest absolute Gasteiger partial charge is 0.228 e. The predicted octanol–water partition coefficient (Wildman–Crippen LogP) is 4.47. The van der Waals surface area contributed by atoms with Crippen molar-refractivity contribution in [3.63, 3.8) is 0 Å². The Balaban J connectivity index is 1.98. The molecule has 0 radical (unpaired) electrons. The van der Waals surface area contributed by atoms with Gasteiger partial charge < -0.3 is 9.73 Å². The van der Waals surface area contributed by atoms with Crippen molar-refractivity contribution in [3.05, 3.63) is 64.3 Å². The van der Waals surface area contributed by atoms with Crippen LogP contribution in [0.15, 0.2) is 57.4 Å². The van der Waals surface area contributed by atoms with Gasteiger partial charge in [0.15, 0.2) is 5.76 Å². The lowest BCUT2D eigenvalue weighted by Crippen LogP contribution is -1.99. The Labute approximate surface area is 124 Å². The monoisotopic (exact) mass is 329 g/mol. The number of anilines is 1. The number of carbonyl (C=O) groups excluding carboxylic acids is 1.